The molecule has 0 aromatic carbocycles. The molecule has 13 heteroatoms. The van der Waals surface area contributed by atoms with E-state index in [2.05, 4.69) is 30.2 Å². The number of ether oxygens (including phenoxy) is 4. The average molecular weight is 697 g/mol. The summed E-state index contributed by atoms with van der Waals surface area (Å²) in [4.78, 5) is 12.7. The van der Waals surface area contributed by atoms with Crippen molar-refractivity contribution in [1.82, 2.24) is 0 Å². The predicted octanol–water partition coefficient (Wildman–Crippen LogP) is 5.57. The Morgan fingerprint density at radius 2 is 1.38 bits per heavy atom. The molecule has 12 nitrogen and oxygen atoms in total. The van der Waals surface area contributed by atoms with Gasteiger partial charge >= 0.3 is 16.4 Å². The quantitative estimate of drug-likeness (QED) is 0.0318. The molecule has 1 aliphatic rings. The van der Waals surface area contributed by atoms with Crippen molar-refractivity contribution in [3.63, 3.8) is 0 Å². The molecule has 1 rings (SSSR count). The third-order valence-electron chi connectivity index (χ3n) is 8.12. The van der Waals surface area contributed by atoms with Gasteiger partial charge in [-0.15, -0.1) is 0 Å². The Kier molecular flexibility index (Phi) is 25.8. The van der Waals surface area contributed by atoms with Crippen LogP contribution in [0.1, 0.15) is 136 Å². The van der Waals surface area contributed by atoms with Crippen molar-refractivity contribution in [2.45, 2.75) is 173 Å². The fourth-order valence-electron chi connectivity index (χ4n) is 5.38. The molecule has 0 aliphatic carbocycles. The maximum absolute atomic E-state index is 12.7. The molecule has 47 heavy (non-hydrogen) atoms. The average Bonchev–Trinajstić information content (AvgIpc) is 3.03. The highest BCUT2D eigenvalue weighted by atomic mass is 32.3. The van der Waals surface area contributed by atoms with Gasteiger partial charge in [0.15, 0.2) is 6.29 Å². The molecular formula is C34H64O12S. The number of esters is 1. The Balaban J connectivity index is 2.56. The number of hydrogen-bond donors (Lipinski definition) is 4. The van der Waals surface area contributed by atoms with Crippen LogP contribution < -0.4 is 0 Å². The Hall–Kier alpha value is -1.16. The number of allylic oxidation sites excluding steroid dienone is 2. The van der Waals surface area contributed by atoms with Gasteiger partial charge in [0.2, 0.25) is 0 Å². The van der Waals surface area contributed by atoms with Crippen LogP contribution in [0, 0.1) is 0 Å². The maximum atomic E-state index is 12.7. The van der Waals surface area contributed by atoms with E-state index in [1.807, 2.05) is 0 Å². The molecule has 6 unspecified atom stereocenters. The van der Waals surface area contributed by atoms with Crippen molar-refractivity contribution >= 4 is 16.4 Å². The molecule has 4 N–H and O–H groups in total. The molecule has 1 fully saturated rings. The number of unbranched alkanes of at least 4 members (excludes halogenated alkanes) is 15. The molecule has 1 saturated heterocycles. The SMILES string of the molecule is CCC/C=C\CCCCCCCC(=O)OC(COCCCCCCCCCCCC)COC1OC(CO)C(O)C(OS(=O)(=O)O)C1O. The summed E-state index contributed by atoms with van der Waals surface area (Å²) in [6, 6.07) is 0. The highest BCUT2D eigenvalue weighted by Crippen LogP contribution is 2.26. The second-order valence-corrected chi connectivity index (χ2v) is 13.5. The standard InChI is InChI=1S/C34H64O12S/c1-3-5-7-9-11-13-15-17-19-21-23-30(36)44-28(26-42-24-22-20-18-16-14-12-10-8-6-4-2)27-43-34-32(38)33(46-47(39,40)41)31(37)29(25-35)45-34/h7,9,28-29,31-35,37-38H,3-6,8,10-27H2,1-2H3,(H,39,40,41)/b9-7-. The first-order valence-electron chi connectivity index (χ1n) is 17.9. The van der Waals surface area contributed by atoms with Crippen molar-refractivity contribution in [3.05, 3.63) is 12.2 Å². The van der Waals surface area contributed by atoms with E-state index in [1.54, 1.807) is 0 Å². The lowest BCUT2D eigenvalue weighted by Crippen LogP contribution is -2.60. The molecule has 1 aliphatic heterocycles. The molecule has 0 bridgehead atoms. The lowest BCUT2D eigenvalue weighted by molar-refractivity contribution is -0.301. The summed E-state index contributed by atoms with van der Waals surface area (Å²) >= 11 is 0. The molecule has 1 heterocycles. The van der Waals surface area contributed by atoms with E-state index >= 15 is 0 Å². The molecule has 0 aromatic heterocycles. The summed E-state index contributed by atoms with van der Waals surface area (Å²) in [5, 5.41) is 30.4. The lowest BCUT2D eigenvalue weighted by Gasteiger charge is -2.41. The predicted molar refractivity (Wildman–Crippen MR) is 179 cm³/mol. The minimum Gasteiger partial charge on any atom is -0.457 e. The zero-order valence-electron chi connectivity index (χ0n) is 28.8. The number of aliphatic hydroxyl groups is 3. The second-order valence-electron chi connectivity index (χ2n) is 12.5. The molecule has 0 amide bonds. The van der Waals surface area contributed by atoms with Crippen LogP contribution in [0.4, 0.5) is 0 Å². The smallest absolute Gasteiger partial charge is 0.397 e. The zero-order valence-corrected chi connectivity index (χ0v) is 29.7. The fourth-order valence-corrected chi connectivity index (χ4v) is 5.89. The first kappa shape index (κ1) is 43.9. The second kappa shape index (κ2) is 27.6. The van der Waals surface area contributed by atoms with Crippen LogP contribution in [0.15, 0.2) is 12.2 Å². The largest absolute Gasteiger partial charge is 0.457 e. The maximum Gasteiger partial charge on any atom is 0.397 e. The van der Waals surface area contributed by atoms with Crippen molar-refractivity contribution in [1.29, 1.82) is 0 Å². The summed E-state index contributed by atoms with van der Waals surface area (Å²) in [5.74, 6) is -0.412. The van der Waals surface area contributed by atoms with Gasteiger partial charge in [0.05, 0.1) is 19.8 Å². The highest BCUT2D eigenvalue weighted by molar-refractivity contribution is 7.80. The van der Waals surface area contributed by atoms with Crippen LogP contribution in [0.25, 0.3) is 0 Å². The van der Waals surface area contributed by atoms with Crippen molar-refractivity contribution in [3.8, 4) is 0 Å². The van der Waals surface area contributed by atoms with Crippen LogP contribution in [-0.4, -0.2) is 97.5 Å². The van der Waals surface area contributed by atoms with Crippen LogP contribution in [0.5, 0.6) is 0 Å². The summed E-state index contributed by atoms with van der Waals surface area (Å²) in [7, 11) is -5.05. The molecular weight excluding hydrogens is 632 g/mol. The summed E-state index contributed by atoms with van der Waals surface area (Å²) in [6.07, 6.45) is 15.6. The number of aliphatic hydroxyl groups excluding tert-OH is 3. The van der Waals surface area contributed by atoms with Crippen LogP contribution in [0.3, 0.4) is 0 Å². The Labute approximate surface area is 283 Å². The Morgan fingerprint density at radius 1 is 0.787 bits per heavy atom. The van der Waals surface area contributed by atoms with Crippen molar-refractivity contribution in [2.75, 3.05) is 26.4 Å². The minimum atomic E-state index is -5.05. The summed E-state index contributed by atoms with van der Waals surface area (Å²) in [5.41, 5.74) is 0. The Bertz CT molecular complexity index is 900. The van der Waals surface area contributed by atoms with Crippen LogP contribution in [-0.2, 0) is 38.3 Å². The summed E-state index contributed by atoms with van der Waals surface area (Å²) in [6.45, 7) is 3.87. The van der Waals surface area contributed by atoms with Gasteiger partial charge in [0, 0.05) is 13.0 Å². The molecule has 6 atom stereocenters. The molecule has 278 valence electrons. The number of rotatable bonds is 30. The van der Waals surface area contributed by atoms with Gasteiger partial charge in [-0.1, -0.05) is 109 Å². The van der Waals surface area contributed by atoms with Crippen LogP contribution in [0.2, 0.25) is 0 Å². The number of carbonyl (C=O) groups is 1. The van der Waals surface area contributed by atoms with E-state index in [1.165, 1.54) is 44.9 Å². The molecule has 0 saturated carbocycles. The van der Waals surface area contributed by atoms with E-state index in [0.29, 0.717) is 13.0 Å². The van der Waals surface area contributed by atoms with Gasteiger partial charge in [0.25, 0.3) is 0 Å². The number of carbonyl (C=O) groups excluding carboxylic acids is 1. The van der Waals surface area contributed by atoms with Crippen molar-refractivity contribution in [2.24, 2.45) is 0 Å². The van der Waals surface area contributed by atoms with Gasteiger partial charge in [0.1, 0.15) is 30.5 Å². The monoisotopic (exact) mass is 696 g/mol. The number of hydrogen-bond acceptors (Lipinski definition) is 11. The van der Waals surface area contributed by atoms with Crippen LogP contribution >= 0.6 is 0 Å². The molecule has 0 radical (unpaired) electrons. The molecule has 0 aromatic rings. The normalized spacial score (nSPS) is 22.6. The fraction of sp³-hybridized carbons (Fsp3) is 0.912. The van der Waals surface area contributed by atoms with Gasteiger partial charge in [-0.2, -0.15) is 8.42 Å². The van der Waals surface area contributed by atoms with Gasteiger partial charge in [-0.3, -0.25) is 9.35 Å². The third kappa shape index (κ3) is 22.2. The first-order chi connectivity index (χ1) is 22.6. The Morgan fingerprint density at radius 3 is 2.00 bits per heavy atom. The first-order valence-corrected chi connectivity index (χ1v) is 19.3. The molecule has 0 spiro atoms. The summed E-state index contributed by atoms with van der Waals surface area (Å²) < 4.78 is 58.5. The van der Waals surface area contributed by atoms with E-state index in [9.17, 15) is 28.5 Å². The highest BCUT2D eigenvalue weighted by Gasteiger charge is 2.48. The van der Waals surface area contributed by atoms with Gasteiger partial charge in [-0.25, -0.2) is 4.18 Å². The topological polar surface area (TPSA) is 178 Å². The van der Waals surface area contributed by atoms with Gasteiger partial charge < -0.3 is 34.3 Å². The van der Waals surface area contributed by atoms with E-state index in [4.69, 9.17) is 23.5 Å². The van der Waals surface area contributed by atoms with E-state index in [-0.39, 0.29) is 19.6 Å². The zero-order chi connectivity index (χ0) is 34.8. The van der Waals surface area contributed by atoms with Gasteiger partial charge in [-0.05, 0) is 32.1 Å². The lowest BCUT2D eigenvalue weighted by atomic mass is 9.99. The van der Waals surface area contributed by atoms with E-state index in [0.717, 1.165) is 64.2 Å². The third-order valence-corrected chi connectivity index (χ3v) is 8.58. The minimum absolute atomic E-state index is 0.0362. The van der Waals surface area contributed by atoms with Crippen molar-refractivity contribution < 1.29 is 56.2 Å². The van der Waals surface area contributed by atoms with E-state index < -0.39 is 59.8 Å².